The van der Waals surface area contributed by atoms with Crippen molar-refractivity contribution >= 4 is 16.8 Å². The number of ether oxygens (including phenoxy) is 1. The highest BCUT2D eigenvalue weighted by Crippen LogP contribution is 2.35. The number of fused-ring (bicyclic) bond motifs is 6. The Kier molecular flexibility index (Phi) is 6.74. The van der Waals surface area contributed by atoms with Crippen molar-refractivity contribution < 1.29 is 13.7 Å². The van der Waals surface area contributed by atoms with E-state index < -0.39 is 0 Å². The quantitative estimate of drug-likeness (QED) is 0.425. The maximum absolute atomic E-state index is 13.8. The molecule has 2 atom stereocenters. The lowest BCUT2D eigenvalue weighted by Crippen LogP contribution is -2.57. The molecule has 7 heteroatoms. The molecule has 0 amide bonds. The number of rotatable bonds is 6. The Bertz CT molecular complexity index is 1240. The van der Waals surface area contributed by atoms with Crippen LogP contribution in [0.2, 0.25) is 0 Å². The smallest absolute Gasteiger partial charge is 0.180 e. The molecule has 3 aromatic rings. The summed E-state index contributed by atoms with van der Waals surface area (Å²) < 4.78 is 25.7. The number of benzene rings is 2. The molecule has 0 spiro atoms. The summed E-state index contributed by atoms with van der Waals surface area (Å²) in [6.07, 6.45) is 8.03. The van der Waals surface area contributed by atoms with Gasteiger partial charge in [0.25, 0.3) is 0 Å². The van der Waals surface area contributed by atoms with Gasteiger partial charge < -0.3 is 14.2 Å². The highest BCUT2D eigenvalue weighted by molar-refractivity contribution is 5.88. The van der Waals surface area contributed by atoms with Gasteiger partial charge in [0.1, 0.15) is 11.6 Å². The SMILES string of the molecule is Fc1ccc2onc(N3CCN4CC(COc5cccc(CN6C[C@H]7CC[C@@H](CC7)C6)c5)CCC4C3)c2c1. The summed E-state index contributed by atoms with van der Waals surface area (Å²) >= 11 is 0. The molecule has 1 aromatic heterocycles. The molecule has 5 aliphatic rings. The average Bonchev–Trinajstić information content (AvgIpc) is 3.13. The summed E-state index contributed by atoms with van der Waals surface area (Å²) in [4.78, 5) is 7.57. The van der Waals surface area contributed by atoms with Crippen LogP contribution in [-0.2, 0) is 6.54 Å². The van der Waals surface area contributed by atoms with Crippen LogP contribution in [0.1, 0.15) is 44.1 Å². The van der Waals surface area contributed by atoms with Crippen LogP contribution in [-0.4, -0.2) is 66.9 Å². The summed E-state index contributed by atoms with van der Waals surface area (Å²) in [5.41, 5.74) is 2.02. The van der Waals surface area contributed by atoms with Crippen LogP contribution in [0.25, 0.3) is 11.0 Å². The van der Waals surface area contributed by atoms with Crippen molar-refractivity contribution in [3.8, 4) is 5.75 Å². The first-order chi connectivity index (χ1) is 18.7. The molecule has 1 aliphatic carbocycles. The molecule has 5 heterocycles. The lowest BCUT2D eigenvalue weighted by Gasteiger charge is -2.46. The van der Waals surface area contributed by atoms with Crippen LogP contribution in [0.3, 0.4) is 0 Å². The minimum atomic E-state index is -0.250. The van der Waals surface area contributed by atoms with Crippen LogP contribution in [0.4, 0.5) is 10.2 Å². The third-order valence-electron chi connectivity index (χ3n) is 9.51. The Labute approximate surface area is 224 Å². The second-order valence-corrected chi connectivity index (χ2v) is 12.2. The Morgan fingerprint density at radius 3 is 2.58 bits per heavy atom. The zero-order valence-electron chi connectivity index (χ0n) is 22.2. The van der Waals surface area contributed by atoms with Gasteiger partial charge in [-0.15, -0.1) is 0 Å². The van der Waals surface area contributed by atoms with Gasteiger partial charge in [-0.05, 0) is 86.3 Å². The summed E-state index contributed by atoms with van der Waals surface area (Å²) in [5, 5.41) is 5.05. The first-order valence-electron chi connectivity index (χ1n) is 14.6. The van der Waals surface area contributed by atoms with E-state index in [4.69, 9.17) is 9.26 Å². The van der Waals surface area contributed by atoms with E-state index in [9.17, 15) is 4.39 Å². The van der Waals surface area contributed by atoms with E-state index in [1.807, 2.05) is 0 Å². The van der Waals surface area contributed by atoms with Crippen molar-refractivity contribution in [1.29, 1.82) is 0 Å². The Balaban J connectivity index is 0.921. The van der Waals surface area contributed by atoms with E-state index in [0.29, 0.717) is 17.5 Å². The number of anilines is 1. The van der Waals surface area contributed by atoms with Crippen LogP contribution in [0.5, 0.6) is 5.75 Å². The fourth-order valence-corrected chi connectivity index (χ4v) is 7.45. The predicted molar refractivity (Wildman–Crippen MR) is 147 cm³/mol. The molecule has 2 bridgehead atoms. The number of hydrogen-bond acceptors (Lipinski definition) is 6. The zero-order valence-corrected chi connectivity index (χ0v) is 22.2. The van der Waals surface area contributed by atoms with Gasteiger partial charge in [0, 0.05) is 57.8 Å². The predicted octanol–water partition coefficient (Wildman–Crippen LogP) is 5.57. The van der Waals surface area contributed by atoms with Crippen LogP contribution >= 0.6 is 0 Å². The standard InChI is InChI=1S/C31H39FN4O2/c32-26-9-11-30-29(15-26)31(33-38-30)36-13-12-35-19-25(8-10-27(35)20-36)21-37-28-3-1-2-24(14-28)18-34-16-22-4-5-23(17-34)7-6-22/h1-3,9,11,14-15,22-23,25,27H,4-8,10,12-13,16-21H2/t22-,23-,25?,27?. The Morgan fingerprint density at radius 2 is 1.74 bits per heavy atom. The largest absolute Gasteiger partial charge is 0.493 e. The van der Waals surface area contributed by atoms with E-state index in [-0.39, 0.29) is 5.82 Å². The van der Waals surface area contributed by atoms with E-state index in [1.165, 1.54) is 62.9 Å². The summed E-state index contributed by atoms with van der Waals surface area (Å²) in [6.45, 7) is 8.20. The van der Waals surface area contributed by atoms with Gasteiger partial charge in [-0.2, -0.15) is 0 Å². The van der Waals surface area contributed by atoms with Crippen LogP contribution < -0.4 is 9.64 Å². The van der Waals surface area contributed by atoms with Crippen molar-refractivity contribution in [2.24, 2.45) is 17.8 Å². The normalized spacial score (nSPS) is 28.4. The van der Waals surface area contributed by atoms with Crippen molar-refractivity contribution in [2.45, 2.75) is 51.1 Å². The molecule has 8 rings (SSSR count). The van der Waals surface area contributed by atoms with Gasteiger partial charge in [0.15, 0.2) is 11.4 Å². The molecule has 0 radical (unpaired) electrons. The van der Waals surface area contributed by atoms with Gasteiger partial charge in [-0.3, -0.25) is 9.80 Å². The molecule has 6 nitrogen and oxygen atoms in total. The zero-order chi connectivity index (χ0) is 25.5. The summed E-state index contributed by atoms with van der Waals surface area (Å²) in [5.74, 6) is 3.90. The number of aromatic nitrogens is 1. The second-order valence-electron chi connectivity index (χ2n) is 12.2. The maximum Gasteiger partial charge on any atom is 0.180 e. The average molecular weight is 519 g/mol. The van der Waals surface area contributed by atoms with E-state index in [0.717, 1.165) is 74.5 Å². The van der Waals surface area contributed by atoms with Crippen LogP contribution in [0.15, 0.2) is 47.0 Å². The van der Waals surface area contributed by atoms with E-state index in [1.54, 1.807) is 6.07 Å². The fourth-order valence-electron chi connectivity index (χ4n) is 7.45. The number of hydrogen-bond donors (Lipinski definition) is 0. The van der Waals surface area contributed by atoms with Crippen molar-refractivity contribution in [1.82, 2.24) is 15.0 Å². The maximum atomic E-state index is 13.8. The number of piperidine rings is 1. The minimum Gasteiger partial charge on any atom is -0.493 e. The fraction of sp³-hybridized carbons (Fsp3) is 0.581. The second kappa shape index (κ2) is 10.5. The van der Waals surface area contributed by atoms with Gasteiger partial charge in [-0.25, -0.2) is 4.39 Å². The molecular weight excluding hydrogens is 479 g/mol. The van der Waals surface area contributed by atoms with E-state index >= 15 is 0 Å². The van der Waals surface area contributed by atoms with Gasteiger partial charge in [0.05, 0.1) is 12.0 Å². The molecular formula is C31H39FN4O2. The molecule has 2 unspecified atom stereocenters. The van der Waals surface area contributed by atoms with Gasteiger partial charge in [0.2, 0.25) is 0 Å². The first kappa shape index (κ1) is 24.4. The monoisotopic (exact) mass is 518 g/mol. The molecule has 2 aromatic carbocycles. The van der Waals surface area contributed by atoms with Gasteiger partial charge >= 0.3 is 0 Å². The number of nitrogens with zero attached hydrogens (tertiary/aromatic N) is 4. The highest BCUT2D eigenvalue weighted by Gasteiger charge is 2.34. The topological polar surface area (TPSA) is 45.0 Å². The number of piperazine rings is 1. The molecule has 202 valence electrons. The van der Waals surface area contributed by atoms with Crippen LogP contribution in [0, 0.1) is 23.6 Å². The molecule has 5 fully saturated rings. The number of halogens is 1. The van der Waals surface area contributed by atoms with Crippen molar-refractivity contribution in [2.75, 3.05) is 50.8 Å². The van der Waals surface area contributed by atoms with Crippen molar-refractivity contribution in [3.05, 3.63) is 53.8 Å². The first-order valence-corrected chi connectivity index (χ1v) is 14.6. The lowest BCUT2D eigenvalue weighted by atomic mass is 9.84. The summed E-state index contributed by atoms with van der Waals surface area (Å²) in [7, 11) is 0. The third kappa shape index (κ3) is 5.15. The molecule has 38 heavy (non-hydrogen) atoms. The van der Waals surface area contributed by atoms with Crippen molar-refractivity contribution in [3.63, 3.8) is 0 Å². The highest BCUT2D eigenvalue weighted by atomic mass is 19.1. The Morgan fingerprint density at radius 1 is 0.895 bits per heavy atom. The molecule has 4 aliphatic heterocycles. The Hall–Kier alpha value is -2.64. The lowest BCUT2D eigenvalue weighted by molar-refractivity contribution is 0.0726. The van der Waals surface area contributed by atoms with E-state index in [2.05, 4.69) is 44.1 Å². The van der Waals surface area contributed by atoms with Gasteiger partial charge in [-0.1, -0.05) is 17.3 Å². The summed E-state index contributed by atoms with van der Waals surface area (Å²) in [6, 6.07) is 13.9. The third-order valence-corrected chi connectivity index (χ3v) is 9.51. The molecule has 0 N–H and O–H groups in total. The minimum absolute atomic E-state index is 0.250. The molecule has 1 saturated carbocycles. The molecule has 4 saturated heterocycles.